The number of anilines is 2. The van der Waals surface area contributed by atoms with Gasteiger partial charge in [0.2, 0.25) is 0 Å². The van der Waals surface area contributed by atoms with Crippen molar-refractivity contribution in [1.82, 2.24) is 4.98 Å². The molecule has 0 aliphatic carbocycles. The second-order valence-electron chi connectivity index (χ2n) is 12.5. The Hall–Kier alpha value is -3.79. The van der Waals surface area contributed by atoms with Gasteiger partial charge in [-0.15, -0.1) is 0 Å². The Morgan fingerprint density at radius 2 is 1.02 bits per heavy atom. The standard InChI is InChI=1S/C41H55N3O/c1-3-5-6-7-8-9-10-11-12-13-14-15-16-19-37(4-2)45-41-21-18-17-20-38(41)34-30-39(32-22-26-35(42)27-23-32)44-40(31-34)33-24-28-36(43)29-25-33/h17-18,20-31,37H,3-16,19,42-43H2,1-2H3. The van der Waals surface area contributed by atoms with Gasteiger partial charge in [-0.05, 0) is 67.3 Å². The number of aromatic nitrogens is 1. The van der Waals surface area contributed by atoms with Crippen LogP contribution < -0.4 is 16.2 Å². The maximum Gasteiger partial charge on any atom is 0.127 e. The van der Waals surface area contributed by atoms with Gasteiger partial charge in [0.05, 0.1) is 17.5 Å². The summed E-state index contributed by atoms with van der Waals surface area (Å²) in [6.07, 6.45) is 20.1. The van der Waals surface area contributed by atoms with E-state index in [-0.39, 0.29) is 6.10 Å². The molecule has 0 aliphatic heterocycles. The zero-order valence-corrected chi connectivity index (χ0v) is 27.8. The lowest BCUT2D eigenvalue weighted by Crippen LogP contribution is -2.15. The van der Waals surface area contributed by atoms with Crippen LogP contribution in [-0.2, 0) is 0 Å². The third kappa shape index (κ3) is 11.3. The Bertz CT molecular complexity index is 1330. The Kier molecular flexibility index (Phi) is 14.3. The van der Waals surface area contributed by atoms with Gasteiger partial charge in [-0.25, -0.2) is 4.98 Å². The summed E-state index contributed by atoms with van der Waals surface area (Å²) in [6.45, 7) is 4.52. The van der Waals surface area contributed by atoms with E-state index < -0.39 is 0 Å². The largest absolute Gasteiger partial charge is 0.490 e. The van der Waals surface area contributed by atoms with Gasteiger partial charge >= 0.3 is 0 Å². The van der Waals surface area contributed by atoms with Gasteiger partial charge in [-0.1, -0.05) is 133 Å². The number of unbranched alkanes of at least 4 members (excludes halogenated alkanes) is 12. The summed E-state index contributed by atoms with van der Waals surface area (Å²) < 4.78 is 6.73. The number of nitrogens with zero attached hydrogens (tertiary/aromatic N) is 1. The van der Waals surface area contributed by atoms with E-state index in [9.17, 15) is 0 Å². The first-order chi connectivity index (χ1) is 22.1. The van der Waals surface area contributed by atoms with Crippen LogP contribution in [0.25, 0.3) is 33.6 Å². The highest BCUT2D eigenvalue weighted by atomic mass is 16.5. The van der Waals surface area contributed by atoms with Crippen molar-refractivity contribution in [3.63, 3.8) is 0 Å². The highest BCUT2D eigenvalue weighted by molar-refractivity contribution is 5.79. The van der Waals surface area contributed by atoms with Crippen LogP contribution in [0.2, 0.25) is 0 Å². The molecule has 1 aromatic heterocycles. The van der Waals surface area contributed by atoms with Crippen molar-refractivity contribution < 1.29 is 4.74 Å². The molecular weight excluding hydrogens is 550 g/mol. The fourth-order valence-electron chi connectivity index (χ4n) is 6.01. The summed E-state index contributed by atoms with van der Waals surface area (Å²) in [4.78, 5) is 5.04. The fraction of sp³-hybridized carbons (Fsp3) is 0.439. The number of hydrogen-bond donors (Lipinski definition) is 2. The van der Waals surface area contributed by atoms with Crippen molar-refractivity contribution >= 4 is 11.4 Å². The number of hydrogen-bond acceptors (Lipinski definition) is 4. The van der Waals surface area contributed by atoms with Gasteiger partial charge in [-0.2, -0.15) is 0 Å². The molecule has 1 unspecified atom stereocenters. The molecule has 1 heterocycles. The average Bonchev–Trinajstić information content (AvgIpc) is 3.07. The number of nitrogen functional groups attached to an aromatic ring is 2. The van der Waals surface area contributed by atoms with Gasteiger partial charge < -0.3 is 16.2 Å². The Balaban J connectivity index is 1.37. The maximum atomic E-state index is 6.73. The van der Waals surface area contributed by atoms with Crippen molar-refractivity contribution in [2.75, 3.05) is 11.5 Å². The van der Waals surface area contributed by atoms with E-state index in [4.69, 9.17) is 21.2 Å². The number of benzene rings is 3. The molecule has 0 fully saturated rings. The topological polar surface area (TPSA) is 74.2 Å². The average molecular weight is 606 g/mol. The van der Waals surface area contributed by atoms with Gasteiger partial charge in [0.15, 0.2) is 0 Å². The first kappa shape index (κ1) is 34.1. The lowest BCUT2D eigenvalue weighted by atomic mass is 9.99. The van der Waals surface area contributed by atoms with Crippen LogP contribution in [0.5, 0.6) is 5.75 Å². The maximum absolute atomic E-state index is 6.73. The highest BCUT2D eigenvalue weighted by Gasteiger charge is 2.15. The Morgan fingerprint density at radius 1 is 0.556 bits per heavy atom. The SMILES string of the molecule is CCCCCCCCCCCCCCCC(CC)Oc1ccccc1-c1cc(-c2ccc(N)cc2)nc(-c2ccc(N)cc2)c1. The molecule has 4 N–H and O–H groups in total. The Morgan fingerprint density at radius 3 is 1.51 bits per heavy atom. The normalized spacial score (nSPS) is 11.9. The molecule has 4 aromatic rings. The molecule has 4 nitrogen and oxygen atoms in total. The highest BCUT2D eigenvalue weighted by Crippen LogP contribution is 2.36. The summed E-state index contributed by atoms with van der Waals surface area (Å²) in [7, 11) is 0. The first-order valence-corrected chi connectivity index (χ1v) is 17.6. The number of pyridine rings is 1. The molecule has 0 amide bonds. The van der Waals surface area contributed by atoms with E-state index in [1.165, 1.54) is 83.5 Å². The smallest absolute Gasteiger partial charge is 0.127 e. The molecular formula is C41H55N3O. The van der Waals surface area contributed by atoms with Crippen molar-refractivity contribution in [3.05, 3.63) is 84.9 Å². The lowest BCUT2D eigenvalue weighted by Gasteiger charge is -2.20. The second kappa shape index (κ2) is 18.9. The molecule has 0 saturated carbocycles. The Labute approximate surface area is 272 Å². The minimum atomic E-state index is 0.203. The summed E-state index contributed by atoms with van der Waals surface area (Å²) in [5.74, 6) is 0.928. The molecule has 0 aliphatic rings. The zero-order chi connectivity index (χ0) is 31.7. The lowest BCUT2D eigenvalue weighted by molar-refractivity contribution is 0.183. The van der Waals surface area contributed by atoms with E-state index in [0.717, 1.165) is 63.6 Å². The molecule has 0 spiro atoms. The summed E-state index contributed by atoms with van der Waals surface area (Å²) in [6, 6.07) is 28.5. The van der Waals surface area contributed by atoms with Gasteiger partial charge in [0, 0.05) is 28.1 Å². The molecule has 0 bridgehead atoms. The molecule has 240 valence electrons. The van der Waals surface area contributed by atoms with Gasteiger partial charge in [0.1, 0.15) is 5.75 Å². The van der Waals surface area contributed by atoms with Crippen molar-refractivity contribution in [2.24, 2.45) is 0 Å². The number of rotatable bonds is 20. The van der Waals surface area contributed by atoms with Crippen LogP contribution in [0, 0.1) is 0 Å². The summed E-state index contributed by atoms with van der Waals surface area (Å²) in [5.41, 5.74) is 19.4. The van der Waals surface area contributed by atoms with E-state index in [1.54, 1.807) is 0 Å². The van der Waals surface area contributed by atoms with E-state index in [1.807, 2.05) is 48.5 Å². The van der Waals surface area contributed by atoms with Crippen LogP contribution in [0.1, 0.15) is 110 Å². The van der Waals surface area contributed by atoms with Crippen LogP contribution in [0.15, 0.2) is 84.9 Å². The molecule has 0 saturated heterocycles. The molecule has 45 heavy (non-hydrogen) atoms. The number of para-hydroxylation sites is 1. The molecule has 1 atom stereocenters. The van der Waals surface area contributed by atoms with Crippen LogP contribution in [0.3, 0.4) is 0 Å². The van der Waals surface area contributed by atoms with E-state index in [2.05, 4.69) is 50.2 Å². The minimum absolute atomic E-state index is 0.203. The van der Waals surface area contributed by atoms with Crippen molar-refractivity contribution in [1.29, 1.82) is 0 Å². The monoisotopic (exact) mass is 605 g/mol. The molecule has 3 aromatic carbocycles. The molecule has 4 rings (SSSR count). The summed E-state index contributed by atoms with van der Waals surface area (Å²) in [5, 5.41) is 0. The third-order valence-corrected chi connectivity index (χ3v) is 8.81. The second-order valence-corrected chi connectivity index (χ2v) is 12.5. The third-order valence-electron chi connectivity index (χ3n) is 8.81. The van der Waals surface area contributed by atoms with Gasteiger partial charge in [-0.3, -0.25) is 0 Å². The quantitative estimate of drug-likeness (QED) is 0.0776. The van der Waals surface area contributed by atoms with Crippen molar-refractivity contribution in [2.45, 2.75) is 116 Å². The predicted octanol–water partition coefficient (Wildman–Crippen LogP) is 11.9. The van der Waals surface area contributed by atoms with Crippen LogP contribution in [0.4, 0.5) is 11.4 Å². The fourth-order valence-corrected chi connectivity index (χ4v) is 6.01. The van der Waals surface area contributed by atoms with E-state index in [0.29, 0.717) is 0 Å². The minimum Gasteiger partial charge on any atom is -0.490 e. The summed E-state index contributed by atoms with van der Waals surface area (Å²) >= 11 is 0. The molecule has 4 heteroatoms. The first-order valence-electron chi connectivity index (χ1n) is 17.6. The number of nitrogens with two attached hydrogens (primary N) is 2. The van der Waals surface area contributed by atoms with Crippen molar-refractivity contribution in [3.8, 4) is 39.4 Å². The molecule has 0 radical (unpaired) electrons. The predicted molar refractivity (Wildman–Crippen MR) is 194 cm³/mol. The van der Waals surface area contributed by atoms with Gasteiger partial charge in [0.25, 0.3) is 0 Å². The van der Waals surface area contributed by atoms with E-state index >= 15 is 0 Å². The zero-order valence-electron chi connectivity index (χ0n) is 27.8. The van der Waals surface area contributed by atoms with Crippen LogP contribution >= 0.6 is 0 Å². The number of ether oxygens (including phenoxy) is 1. The van der Waals surface area contributed by atoms with Crippen LogP contribution in [-0.4, -0.2) is 11.1 Å².